The Bertz CT molecular complexity index is 393. The number of nitrogens with zero attached hydrogens (tertiary/aromatic N) is 1. The molecule has 0 aromatic heterocycles. The van der Waals surface area contributed by atoms with Crippen LogP contribution in [0.3, 0.4) is 0 Å². The molecule has 1 aliphatic rings. The van der Waals surface area contributed by atoms with Gasteiger partial charge in [0, 0.05) is 18.0 Å². The third-order valence-electron chi connectivity index (χ3n) is 2.40. The fourth-order valence-electron chi connectivity index (χ4n) is 1.45. The molecule has 1 aromatic rings. The van der Waals surface area contributed by atoms with Crippen molar-refractivity contribution in [1.82, 2.24) is 4.90 Å². The van der Waals surface area contributed by atoms with E-state index >= 15 is 0 Å². The monoisotopic (exact) mass is 241 g/mol. The first-order valence-electron chi connectivity index (χ1n) is 5.00. The van der Waals surface area contributed by atoms with Crippen LogP contribution in [0.4, 0.5) is 4.39 Å². The van der Waals surface area contributed by atoms with Gasteiger partial charge in [0.05, 0.1) is 11.9 Å². The smallest absolute Gasteiger partial charge is 0.233 e. The van der Waals surface area contributed by atoms with Crippen molar-refractivity contribution >= 4 is 17.7 Å². The van der Waals surface area contributed by atoms with Gasteiger partial charge in [0.25, 0.3) is 0 Å². The van der Waals surface area contributed by atoms with Crippen LogP contribution in [0, 0.1) is 5.82 Å². The van der Waals surface area contributed by atoms with E-state index in [1.807, 2.05) is 0 Å². The lowest BCUT2D eigenvalue weighted by atomic mass is 10.2. The summed E-state index contributed by atoms with van der Waals surface area (Å²) in [5.41, 5.74) is 0. The summed E-state index contributed by atoms with van der Waals surface area (Å²) in [5, 5.41) is 9.04. The SMILES string of the molecule is O=C(CSc1ccccc1F)N1CC(O)C1. The zero-order valence-corrected chi connectivity index (χ0v) is 9.41. The van der Waals surface area contributed by atoms with Gasteiger partial charge in [-0.2, -0.15) is 0 Å². The summed E-state index contributed by atoms with van der Waals surface area (Å²) in [5.74, 6) is -0.143. The van der Waals surface area contributed by atoms with Gasteiger partial charge in [-0.25, -0.2) is 4.39 Å². The van der Waals surface area contributed by atoms with Crippen LogP contribution in [0.2, 0.25) is 0 Å². The summed E-state index contributed by atoms with van der Waals surface area (Å²) in [6.07, 6.45) is -0.387. The van der Waals surface area contributed by atoms with E-state index in [0.717, 1.165) is 0 Å². The minimum absolute atomic E-state index is 0.0569. The Hall–Kier alpha value is -1.07. The van der Waals surface area contributed by atoms with Crippen molar-refractivity contribution in [2.24, 2.45) is 0 Å². The molecule has 0 spiro atoms. The maximum absolute atomic E-state index is 13.2. The molecule has 1 N–H and O–H groups in total. The van der Waals surface area contributed by atoms with Crippen LogP contribution in [0.15, 0.2) is 29.2 Å². The second-order valence-corrected chi connectivity index (χ2v) is 4.69. The van der Waals surface area contributed by atoms with E-state index in [-0.39, 0.29) is 23.6 Å². The molecular weight excluding hydrogens is 229 g/mol. The second kappa shape index (κ2) is 4.84. The van der Waals surface area contributed by atoms with Gasteiger partial charge < -0.3 is 10.0 Å². The Morgan fingerprint density at radius 3 is 2.81 bits per heavy atom. The highest BCUT2D eigenvalue weighted by molar-refractivity contribution is 8.00. The highest BCUT2D eigenvalue weighted by Gasteiger charge is 2.28. The molecule has 3 nitrogen and oxygen atoms in total. The van der Waals surface area contributed by atoms with Crippen molar-refractivity contribution in [2.75, 3.05) is 18.8 Å². The van der Waals surface area contributed by atoms with E-state index < -0.39 is 0 Å². The van der Waals surface area contributed by atoms with Crippen molar-refractivity contribution in [1.29, 1.82) is 0 Å². The predicted octanol–water partition coefficient (Wildman–Crippen LogP) is 1.12. The van der Waals surface area contributed by atoms with Gasteiger partial charge in [-0.3, -0.25) is 4.79 Å². The number of thioether (sulfide) groups is 1. The van der Waals surface area contributed by atoms with Gasteiger partial charge in [-0.15, -0.1) is 11.8 Å². The quantitative estimate of drug-likeness (QED) is 0.806. The van der Waals surface area contributed by atoms with E-state index in [1.165, 1.54) is 17.8 Å². The Kier molecular flexibility index (Phi) is 3.46. The molecular formula is C11H12FNO2S. The van der Waals surface area contributed by atoms with Crippen molar-refractivity contribution in [2.45, 2.75) is 11.0 Å². The summed E-state index contributed by atoms with van der Waals surface area (Å²) in [6.45, 7) is 0.799. The van der Waals surface area contributed by atoms with E-state index in [2.05, 4.69) is 0 Å². The first kappa shape index (κ1) is 11.4. The van der Waals surface area contributed by atoms with Crippen LogP contribution in [-0.4, -0.2) is 40.9 Å². The molecule has 0 bridgehead atoms. The number of aliphatic hydroxyl groups excluding tert-OH is 1. The average Bonchev–Trinajstić information content (AvgIpc) is 2.23. The van der Waals surface area contributed by atoms with Crippen LogP contribution in [0.1, 0.15) is 0 Å². The van der Waals surface area contributed by atoms with Crippen molar-refractivity contribution in [3.8, 4) is 0 Å². The fraction of sp³-hybridized carbons (Fsp3) is 0.364. The van der Waals surface area contributed by atoms with Crippen LogP contribution < -0.4 is 0 Å². The summed E-state index contributed by atoms with van der Waals surface area (Å²) in [4.78, 5) is 13.6. The highest BCUT2D eigenvalue weighted by Crippen LogP contribution is 2.22. The highest BCUT2D eigenvalue weighted by atomic mass is 32.2. The third-order valence-corrected chi connectivity index (χ3v) is 3.44. The van der Waals surface area contributed by atoms with Crippen LogP contribution in [0.25, 0.3) is 0 Å². The topological polar surface area (TPSA) is 40.5 Å². The zero-order chi connectivity index (χ0) is 11.5. The molecule has 1 amide bonds. The number of likely N-dealkylation sites (tertiary alicyclic amines) is 1. The third kappa shape index (κ3) is 2.54. The number of benzene rings is 1. The van der Waals surface area contributed by atoms with E-state index in [0.29, 0.717) is 18.0 Å². The van der Waals surface area contributed by atoms with Gasteiger partial charge in [-0.05, 0) is 12.1 Å². The number of β-amino-alcohol motifs (C(OH)–C–C–N with tert-alkyl or cyclic N) is 1. The Labute approximate surface area is 97.3 Å². The predicted molar refractivity (Wildman–Crippen MR) is 59.7 cm³/mol. The van der Waals surface area contributed by atoms with Crippen molar-refractivity contribution in [3.05, 3.63) is 30.1 Å². The molecule has 1 saturated heterocycles. The van der Waals surface area contributed by atoms with Crippen molar-refractivity contribution in [3.63, 3.8) is 0 Å². The number of hydrogen-bond donors (Lipinski definition) is 1. The molecule has 2 rings (SSSR count). The van der Waals surface area contributed by atoms with E-state index in [1.54, 1.807) is 23.1 Å². The molecule has 1 aliphatic heterocycles. The first-order valence-corrected chi connectivity index (χ1v) is 5.98. The number of hydrogen-bond acceptors (Lipinski definition) is 3. The van der Waals surface area contributed by atoms with Crippen molar-refractivity contribution < 1.29 is 14.3 Å². The lowest BCUT2D eigenvalue weighted by Gasteiger charge is -2.35. The summed E-state index contributed by atoms with van der Waals surface area (Å²) >= 11 is 1.19. The number of amides is 1. The van der Waals surface area contributed by atoms with Gasteiger partial charge in [0.15, 0.2) is 0 Å². The van der Waals surface area contributed by atoms with Gasteiger partial charge in [-0.1, -0.05) is 12.1 Å². The number of rotatable bonds is 3. The minimum atomic E-state index is -0.387. The Morgan fingerprint density at radius 2 is 2.19 bits per heavy atom. The lowest BCUT2D eigenvalue weighted by Crippen LogP contribution is -2.54. The number of carbonyl (C=O) groups is 1. The second-order valence-electron chi connectivity index (χ2n) is 3.67. The Morgan fingerprint density at radius 1 is 1.50 bits per heavy atom. The average molecular weight is 241 g/mol. The number of halogens is 1. The molecule has 1 fully saturated rings. The molecule has 0 atom stereocenters. The molecule has 5 heteroatoms. The minimum Gasteiger partial charge on any atom is -0.389 e. The largest absolute Gasteiger partial charge is 0.389 e. The summed E-state index contributed by atoms with van der Waals surface area (Å²) < 4.78 is 13.2. The van der Waals surface area contributed by atoms with E-state index in [9.17, 15) is 9.18 Å². The lowest BCUT2D eigenvalue weighted by molar-refractivity contribution is -0.138. The van der Waals surface area contributed by atoms with Crippen LogP contribution in [-0.2, 0) is 4.79 Å². The molecule has 0 saturated carbocycles. The molecule has 1 aromatic carbocycles. The van der Waals surface area contributed by atoms with E-state index in [4.69, 9.17) is 5.11 Å². The molecule has 86 valence electrons. The van der Waals surface area contributed by atoms with Crippen LogP contribution in [0.5, 0.6) is 0 Å². The Balaban J connectivity index is 1.83. The molecule has 1 heterocycles. The van der Waals surface area contributed by atoms with Gasteiger partial charge in [0.2, 0.25) is 5.91 Å². The maximum atomic E-state index is 13.2. The van der Waals surface area contributed by atoms with Crippen LogP contribution >= 0.6 is 11.8 Å². The zero-order valence-electron chi connectivity index (χ0n) is 8.60. The molecule has 0 unspecified atom stereocenters. The molecule has 0 aliphatic carbocycles. The number of carbonyl (C=O) groups excluding carboxylic acids is 1. The molecule has 16 heavy (non-hydrogen) atoms. The summed E-state index contributed by atoms with van der Waals surface area (Å²) in [6, 6.07) is 6.38. The van der Waals surface area contributed by atoms with Gasteiger partial charge in [0.1, 0.15) is 5.82 Å². The standard InChI is InChI=1S/C11H12FNO2S/c12-9-3-1-2-4-10(9)16-7-11(15)13-5-8(14)6-13/h1-4,8,14H,5-7H2. The first-order chi connectivity index (χ1) is 7.66. The number of aliphatic hydroxyl groups is 1. The normalized spacial score (nSPS) is 16.0. The van der Waals surface area contributed by atoms with Gasteiger partial charge >= 0.3 is 0 Å². The molecule has 0 radical (unpaired) electrons. The fourth-order valence-corrected chi connectivity index (χ4v) is 2.29. The maximum Gasteiger partial charge on any atom is 0.233 e. The summed E-state index contributed by atoms with van der Waals surface area (Å²) in [7, 11) is 0.